The van der Waals surface area contributed by atoms with Gasteiger partial charge in [0.25, 0.3) is 0 Å². The standard InChI is InChI=1S/C21H27N9O4/c22-20(23)24-8-4-5-9-30-13-28-16-17(26-12-27-18(16)30)25-10-15(19(31)32)29-21(33)34-11-14-6-2-1-3-7-14/h1-3,6-7,12-13,15H,4-5,8-11H2,(H,29,33)(H,31,32)(H4,22,23,24)(H,25,26,27)/t15-/m0/s1. The highest BCUT2D eigenvalue weighted by Gasteiger charge is 2.21. The van der Waals surface area contributed by atoms with Gasteiger partial charge in [0.2, 0.25) is 0 Å². The number of nitrogens with two attached hydrogens (primary N) is 2. The van der Waals surface area contributed by atoms with Crippen LogP contribution < -0.4 is 22.1 Å². The van der Waals surface area contributed by atoms with Crippen molar-refractivity contribution in [1.29, 1.82) is 0 Å². The molecule has 0 aliphatic rings. The summed E-state index contributed by atoms with van der Waals surface area (Å²) < 4.78 is 6.96. The van der Waals surface area contributed by atoms with Crippen molar-refractivity contribution in [3.05, 3.63) is 48.5 Å². The third-order valence-electron chi connectivity index (χ3n) is 4.78. The van der Waals surface area contributed by atoms with Gasteiger partial charge in [-0.3, -0.25) is 4.99 Å². The van der Waals surface area contributed by atoms with Crippen LogP contribution in [0.15, 0.2) is 48.0 Å². The van der Waals surface area contributed by atoms with Crippen molar-refractivity contribution in [1.82, 2.24) is 24.8 Å². The maximum atomic E-state index is 12.1. The molecule has 3 rings (SSSR count). The second kappa shape index (κ2) is 12.0. The summed E-state index contributed by atoms with van der Waals surface area (Å²) >= 11 is 0. The second-order valence-corrected chi connectivity index (χ2v) is 7.32. The maximum Gasteiger partial charge on any atom is 0.408 e. The number of fused-ring (bicyclic) bond motifs is 1. The number of aromatic nitrogens is 4. The lowest BCUT2D eigenvalue weighted by Crippen LogP contribution is -2.45. The third kappa shape index (κ3) is 7.05. The predicted octanol–water partition coefficient (Wildman–Crippen LogP) is 0.671. The van der Waals surface area contributed by atoms with E-state index in [9.17, 15) is 14.7 Å². The van der Waals surface area contributed by atoms with E-state index in [0.29, 0.717) is 30.1 Å². The Morgan fingerprint density at radius 1 is 1.15 bits per heavy atom. The fourth-order valence-corrected chi connectivity index (χ4v) is 3.08. The molecule has 1 atom stereocenters. The smallest absolute Gasteiger partial charge is 0.408 e. The number of carboxylic acid groups (broad SMARTS) is 1. The molecule has 3 aromatic rings. The number of nitrogens with zero attached hydrogens (tertiary/aromatic N) is 5. The molecule has 0 unspecified atom stereocenters. The molecule has 34 heavy (non-hydrogen) atoms. The first kappa shape index (κ1) is 24.2. The van der Waals surface area contributed by atoms with Crippen molar-refractivity contribution in [3.8, 4) is 0 Å². The lowest BCUT2D eigenvalue weighted by atomic mass is 10.2. The summed E-state index contributed by atoms with van der Waals surface area (Å²) in [7, 11) is 0. The summed E-state index contributed by atoms with van der Waals surface area (Å²) in [6.07, 6.45) is 3.76. The van der Waals surface area contributed by atoms with Crippen LogP contribution in [0.3, 0.4) is 0 Å². The first-order valence-corrected chi connectivity index (χ1v) is 10.6. The number of carbonyl (C=O) groups is 2. The van der Waals surface area contributed by atoms with E-state index < -0.39 is 18.1 Å². The number of rotatable bonds is 12. The zero-order valence-corrected chi connectivity index (χ0v) is 18.4. The van der Waals surface area contributed by atoms with Crippen molar-refractivity contribution in [2.75, 3.05) is 18.4 Å². The van der Waals surface area contributed by atoms with E-state index in [4.69, 9.17) is 16.2 Å². The molecular weight excluding hydrogens is 442 g/mol. The number of imidazole rings is 1. The van der Waals surface area contributed by atoms with Crippen LogP contribution in [0.1, 0.15) is 18.4 Å². The van der Waals surface area contributed by atoms with Crippen LogP contribution in [-0.2, 0) is 22.7 Å². The van der Waals surface area contributed by atoms with Crippen molar-refractivity contribution in [2.45, 2.75) is 32.0 Å². The normalized spacial score (nSPS) is 11.5. The molecule has 0 spiro atoms. The number of guanidine groups is 1. The van der Waals surface area contributed by atoms with Crippen molar-refractivity contribution >= 4 is 35.0 Å². The van der Waals surface area contributed by atoms with Crippen molar-refractivity contribution < 1.29 is 19.4 Å². The van der Waals surface area contributed by atoms with Crippen LogP contribution in [-0.4, -0.2) is 61.8 Å². The SMILES string of the molecule is NC(N)=NCCCCn1cnc2c(NC[C@H](NC(=O)OCc3ccccc3)C(=O)O)ncnc21. The number of aliphatic imine (C=N–C) groups is 1. The molecule has 0 radical (unpaired) electrons. The lowest BCUT2D eigenvalue weighted by molar-refractivity contribution is -0.139. The molecule has 0 fully saturated rings. The predicted molar refractivity (Wildman–Crippen MR) is 125 cm³/mol. The Labute approximate surface area is 195 Å². The van der Waals surface area contributed by atoms with Gasteiger partial charge in [-0.25, -0.2) is 24.5 Å². The van der Waals surface area contributed by atoms with E-state index >= 15 is 0 Å². The first-order valence-electron chi connectivity index (χ1n) is 10.6. The van der Waals surface area contributed by atoms with E-state index in [1.54, 1.807) is 18.5 Å². The molecule has 0 aliphatic heterocycles. The summed E-state index contributed by atoms with van der Waals surface area (Å²) in [5.74, 6) is -0.800. The van der Waals surface area contributed by atoms with Gasteiger partial charge in [-0.05, 0) is 18.4 Å². The average Bonchev–Trinajstić information content (AvgIpc) is 3.24. The van der Waals surface area contributed by atoms with E-state index in [0.717, 1.165) is 18.4 Å². The topological polar surface area (TPSA) is 196 Å². The number of aliphatic carboxylic acids is 1. The van der Waals surface area contributed by atoms with Crippen molar-refractivity contribution in [3.63, 3.8) is 0 Å². The Hall–Kier alpha value is -4.42. The Balaban J connectivity index is 1.55. The fraction of sp³-hybridized carbons (Fsp3) is 0.333. The summed E-state index contributed by atoms with van der Waals surface area (Å²) in [4.78, 5) is 40.4. The Morgan fingerprint density at radius 3 is 2.68 bits per heavy atom. The Kier molecular flexibility index (Phi) is 8.54. The van der Waals surface area contributed by atoms with Crippen molar-refractivity contribution in [2.24, 2.45) is 16.5 Å². The summed E-state index contributed by atoms with van der Waals surface area (Å²) in [5, 5.41) is 14.8. The molecule has 7 N–H and O–H groups in total. The number of amides is 1. The van der Waals surface area contributed by atoms with Gasteiger partial charge >= 0.3 is 12.1 Å². The summed E-state index contributed by atoms with van der Waals surface area (Å²) in [6, 6.07) is 7.83. The molecule has 1 amide bonds. The quantitative estimate of drug-likeness (QED) is 0.143. The third-order valence-corrected chi connectivity index (χ3v) is 4.78. The number of carbonyl (C=O) groups excluding carboxylic acids is 1. The minimum absolute atomic E-state index is 0.0301. The number of anilines is 1. The second-order valence-electron chi connectivity index (χ2n) is 7.32. The highest BCUT2D eigenvalue weighted by molar-refractivity contribution is 5.84. The Morgan fingerprint density at radius 2 is 1.94 bits per heavy atom. The number of unbranched alkanes of at least 4 members (excludes halogenated alkanes) is 1. The molecule has 2 heterocycles. The molecule has 180 valence electrons. The van der Waals surface area contributed by atoms with Crippen LogP contribution in [0.2, 0.25) is 0 Å². The summed E-state index contributed by atoms with van der Waals surface area (Å²) in [5.41, 5.74) is 12.5. The molecular formula is C21H27N9O4. The van der Waals surface area contributed by atoms with Crippen LogP contribution >= 0.6 is 0 Å². The van der Waals surface area contributed by atoms with Gasteiger partial charge in [-0.1, -0.05) is 30.3 Å². The number of nitrogens with one attached hydrogen (secondary N) is 2. The van der Waals surface area contributed by atoms with Gasteiger partial charge < -0.3 is 36.5 Å². The van der Waals surface area contributed by atoms with E-state index in [-0.39, 0.29) is 19.1 Å². The van der Waals surface area contributed by atoms with Crippen LogP contribution in [0.4, 0.5) is 10.6 Å². The number of alkyl carbamates (subject to hydrolysis) is 1. The molecule has 13 heteroatoms. The molecule has 0 bridgehead atoms. The van der Waals surface area contributed by atoms with Gasteiger partial charge in [0.05, 0.1) is 6.33 Å². The number of hydrogen-bond acceptors (Lipinski definition) is 8. The van der Waals surface area contributed by atoms with Gasteiger partial charge in [0, 0.05) is 19.6 Å². The number of carboxylic acids is 1. The highest BCUT2D eigenvalue weighted by Crippen LogP contribution is 2.18. The molecule has 0 aliphatic carbocycles. The maximum absolute atomic E-state index is 12.1. The van der Waals surface area contributed by atoms with Gasteiger partial charge in [0.1, 0.15) is 24.5 Å². The molecule has 1 aromatic carbocycles. The molecule has 0 saturated heterocycles. The van der Waals surface area contributed by atoms with Gasteiger partial charge in [-0.15, -0.1) is 0 Å². The fourth-order valence-electron chi connectivity index (χ4n) is 3.08. The van der Waals surface area contributed by atoms with Gasteiger partial charge in [-0.2, -0.15) is 0 Å². The molecule has 2 aromatic heterocycles. The van der Waals surface area contributed by atoms with Gasteiger partial charge in [0.15, 0.2) is 17.4 Å². The first-order chi connectivity index (χ1) is 16.4. The van der Waals surface area contributed by atoms with Crippen LogP contribution in [0.25, 0.3) is 11.2 Å². The zero-order chi connectivity index (χ0) is 24.3. The number of aryl methyl sites for hydroxylation is 1. The molecule has 13 nitrogen and oxygen atoms in total. The zero-order valence-electron chi connectivity index (χ0n) is 18.4. The monoisotopic (exact) mass is 469 g/mol. The highest BCUT2D eigenvalue weighted by atomic mass is 16.5. The number of hydrogen-bond donors (Lipinski definition) is 5. The number of ether oxygens (including phenoxy) is 1. The molecule has 0 saturated carbocycles. The minimum atomic E-state index is -1.24. The van der Waals surface area contributed by atoms with Crippen LogP contribution in [0, 0.1) is 0 Å². The average molecular weight is 470 g/mol. The minimum Gasteiger partial charge on any atom is -0.480 e. The van der Waals surface area contributed by atoms with Crippen LogP contribution in [0.5, 0.6) is 0 Å². The van der Waals surface area contributed by atoms with E-state index in [2.05, 4.69) is 30.6 Å². The lowest BCUT2D eigenvalue weighted by Gasteiger charge is -2.15. The summed E-state index contributed by atoms with van der Waals surface area (Å²) in [6.45, 7) is 1.09. The van der Waals surface area contributed by atoms with E-state index in [1.807, 2.05) is 22.8 Å². The largest absolute Gasteiger partial charge is 0.480 e. The van der Waals surface area contributed by atoms with E-state index in [1.165, 1.54) is 6.33 Å². The number of benzene rings is 1. The Bertz CT molecular complexity index is 1130.